The Labute approximate surface area is 199 Å². The Morgan fingerprint density at radius 2 is 2.03 bits per heavy atom. The second-order valence-electron chi connectivity index (χ2n) is 7.02. The lowest BCUT2D eigenvalue weighted by molar-refractivity contribution is -0.130. The van der Waals surface area contributed by atoms with Gasteiger partial charge in [-0.15, -0.1) is 35.3 Å². The SMILES string of the molecule is CCNC(=NCc1cccc(OCC(=O)N(C)C)c1)NCC(C)(O)c1cccs1.I. The average Bonchev–Trinajstić information content (AvgIpc) is 3.24. The summed E-state index contributed by atoms with van der Waals surface area (Å²) in [6.45, 7) is 5.27. The van der Waals surface area contributed by atoms with Gasteiger partial charge in [-0.25, -0.2) is 4.99 Å². The van der Waals surface area contributed by atoms with Crippen LogP contribution in [0.3, 0.4) is 0 Å². The fraction of sp³-hybridized carbons (Fsp3) is 0.429. The summed E-state index contributed by atoms with van der Waals surface area (Å²) in [5, 5.41) is 19.0. The highest BCUT2D eigenvalue weighted by molar-refractivity contribution is 14.0. The molecule has 0 saturated carbocycles. The number of hydrogen-bond donors (Lipinski definition) is 3. The van der Waals surface area contributed by atoms with Crippen LogP contribution in [0.1, 0.15) is 24.3 Å². The van der Waals surface area contributed by atoms with Crippen molar-refractivity contribution in [3.05, 3.63) is 52.2 Å². The molecule has 1 heterocycles. The molecule has 1 atom stereocenters. The van der Waals surface area contributed by atoms with E-state index >= 15 is 0 Å². The second-order valence-corrected chi connectivity index (χ2v) is 7.97. The van der Waals surface area contributed by atoms with Crippen LogP contribution in [-0.2, 0) is 16.9 Å². The van der Waals surface area contributed by atoms with E-state index in [0.717, 1.165) is 10.4 Å². The molecule has 7 nitrogen and oxygen atoms in total. The van der Waals surface area contributed by atoms with E-state index in [1.165, 1.54) is 16.2 Å². The number of guanidine groups is 1. The van der Waals surface area contributed by atoms with Gasteiger partial charge in [0.1, 0.15) is 11.4 Å². The molecule has 9 heteroatoms. The normalized spacial score (nSPS) is 13.0. The number of ether oxygens (including phenoxy) is 1. The van der Waals surface area contributed by atoms with Crippen LogP contribution in [0.5, 0.6) is 5.75 Å². The molecule has 1 unspecified atom stereocenters. The Morgan fingerprint density at radius 3 is 2.67 bits per heavy atom. The lowest BCUT2D eigenvalue weighted by Crippen LogP contribution is -2.44. The maximum Gasteiger partial charge on any atom is 0.259 e. The van der Waals surface area contributed by atoms with Gasteiger partial charge < -0.3 is 25.4 Å². The monoisotopic (exact) mass is 546 g/mol. The average molecular weight is 546 g/mol. The second kappa shape index (κ2) is 12.8. The van der Waals surface area contributed by atoms with Crippen molar-refractivity contribution in [1.82, 2.24) is 15.5 Å². The van der Waals surface area contributed by atoms with Crippen molar-refractivity contribution < 1.29 is 14.6 Å². The highest BCUT2D eigenvalue weighted by atomic mass is 127. The molecule has 166 valence electrons. The third-order valence-corrected chi connectivity index (χ3v) is 5.30. The molecule has 0 aliphatic rings. The largest absolute Gasteiger partial charge is 0.484 e. The Bertz CT molecular complexity index is 810. The predicted molar refractivity (Wildman–Crippen MR) is 133 cm³/mol. The van der Waals surface area contributed by atoms with Gasteiger partial charge in [-0.2, -0.15) is 0 Å². The molecule has 0 bridgehead atoms. The summed E-state index contributed by atoms with van der Waals surface area (Å²) in [6, 6.07) is 11.4. The van der Waals surface area contributed by atoms with Crippen molar-refractivity contribution >= 4 is 47.2 Å². The van der Waals surface area contributed by atoms with E-state index in [9.17, 15) is 9.90 Å². The van der Waals surface area contributed by atoms with E-state index in [-0.39, 0.29) is 36.5 Å². The standard InChI is InChI=1S/C21H30N4O3S.HI/c1-5-22-20(24-15-21(2,27)18-10-7-11-29-18)23-13-16-8-6-9-17(12-16)28-14-19(26)25(3)4;/h6-12,27H,5,13-15H2,1-4H3,(H2,22,23,24);1H. The van der Waals surface area contributed by atoms with Crippen molar-refractivity contribution in [2.24, 2.45) is 4.99 Å². The van der Waals surface area contributed by atoms with Crippen molar-refractivity contribution in [1.29, 1.82) is 0 Å². The highest BCUT2D eigenvalue weighted by Gasteiger charge is 2.24. The number of hydrogen-bond acceptors (Lipinski definition) is 5. The summed E-state index contributed by atoms with van der Waals surface area (Å²) in [5.74, 6) is 1.16. The number of aliphatic imine (C=N–C) groups is 1. The first-order chi connectivity index (χ1) is 13.8. The number of halogens is 1. The summed E-state index contributed by atoms with van der Waals surface area (Å²) in [7, 11) is 3.39. The molecule has 0 saturated heterocycles. The number of benzene rings is 1. The Morgan fingerprint density at radius 1 is 1.27 bits per heavy atom. The lowest BCUT2D eigenvalue weighted by Gasteiger charge is -2.23. The van der Waals surface area contributed by atoms with Gasteiger partial charge in [0, 0.05) is 25.5 Å². The molecular weight excluding hydrogens is 515 g/mol. The fourth-order valence-electron chi connectivity index (χ4n) is 2.45. The molecule has 2 aromatic rings. The van der Waals surface area contributed by atoms with Crippen LogP contribution in [0.2, 0.25) is 0 Å². The van der Waals surface area contributed by atoms with Crippen LogP contribution in [-0.4, -0.2) is 55.7 Å². The van der Waals surface area contributed by atoms with E-state index in [2.05, 4.69) is 15.6 Å². The Balaban J connectivity index is 0.00000450. The van der Waals surface area contributed by atoms with Crippen LogP contribution in [0, 0.1) is 0 Å². The maximum atomic E-state index is 11.7. The van der Waals surface area contributed by atoms with E-state index < -0.39 is 5.60 Å². The summed E-state index contributed by atoms with van der Waals surface area (Å²) >= 11 is 1.52. The predicted octanol–water partition coefficient (Wildman–Crippen LogP) is 2.80. The van der Waals surface area contributed by atoms with Crippen molar-refractivity contribution in [3.8, 4) is 5.75 Å². The van der Waals surface area contributed by atoms with Gasteiger partial charge in [-0.05, 0) is 43.0 Å². The molecule has 3 N–H and O–H groups in total. The third kappa shape index (κ3) is 8.49. The summed E-state index contributed by atoms with van der Waals surface area (Å²) in [5.41, 5.74) is -0.0149. The van der Waals surface area contributed by atoms with Crippen LogP contribution < -0.4 is 15.4 Å². The van der Waals surface area contributed by atoms with Crippen LogP contribution >= 0.6 is 35.3 Å². The topological polar surface area (TPSA) is 86.2 Å². The van der Waals surface area contributed by atoms with Crippen LogP contribution in [0.4, 0.5) is 0 Å². The molecule has 1 aromatic heterocycles. The quantitative estimate of drug-likeness (QED) is 0.256. The number of carbonyl (C=O) groups is 1. The lowest BCUT2D eigenvalue weighted by atomic mass is 10.1. The molecule has 0 aliphatic carbocycles. The first-order valence-electron chi connectivity index (χ1n) is 9.52. The minimum Gasteiger partial charge on any atom is -0.484 e. The summed E-state index contributed by atoms with van der Waals surface area (Å²) < 4.78 is 5.55. The number of carbonyl (C=O) groups excluding carboxylic acids is 1. The molecule has 2 rings (SSSR count). The number of rotatable bonds is 9. The number of amides is 1. The Kier molecular flexibility index (Phi) is 11.1. The maximum absolute atomic E-state index is 11.7. The minimum absolute atomic E-state index is 0. The van der Waals surface area contributed by atoms with Crippen molar-refractivity contribution in [2.45, 2.75) is 26.0 Å². The van der Waals surface area contributed by atoms with Gasteiger partial charge in [0.05, 0.1) is 13.1 Å². The number of thiophene rings is 1. The van der Waals surface area contributed by atoms with E-state index in [0.29, 0.717) is 31.3 Å². The molecule has 30 heavy (non-hydrogen) atoms. The first kappa shape index (κ1) is 26.2. The third-order valence-electron chi connectivity index (χ3n) is 4.18. The van der Waals surface area contributed by atoms with E-state index in [1.54, 1.807) is 21.0 Å². The van der Waals surface area contributed by atoms with Gasteiger partial charge in [-0.3, -0.25) is 4.79 Å². The van der Waals surface area contributed by atoms with Crippen molar-refractivity contribution in [2.75, 3.05) is 33.8 Å². The zero-order valence-corrected chi connectivity index (χ0v) is 21.0. The molecule has 0 spiro atoms. The smallest absolute Gasteiger partial charge is 0.259 e. The molecule has 1 aromatic carbocycles. The zero-order valence-electron chi connectivity index (χ0n) is 17.8. The molecule has 0 radical (unpaired) electrons. The Hall–Kier alpha value is -1.85. The van der Waals surface area contributed by atoms with Gasteiger partial charge >= 0.3 is 0 Å². The summed E-state index contributed by atoms with van der Waals surface area (Å²) in [4.78, 5) is 18.7. The van der Waals surface area contributed by atoms with Gasteiger partial charge in [0.25, 0.3) is 5.91 Å². The molecule has 0 fully saturated rings. The van der Waals surface area contributed by atoms with Gasteiger partial charge in [-0.1, -0.05) is 18.2 Å². The highest BCUT2D eigenvalue weighted by Crippen LogP contribution is 2.24. The van der Waals surface area contributed by atoms with Gasteiger partial charge in [0.15, 0.2) is 12.6 Å². The number of likely N-dealkylation sites (N-methyl/N-ethyl adjacent to an activating group) is 1. The molecule has 0 aliphatic heterocycles. The van der Waals surface area contributed by atoms with Crippen LogP contribution in [0.15, 0.2) is 46.8 Å². The van der Waals surface area contributed by atoms with E-state index in [4.69, 9.17) is 4.74 Å². The molecule has 1 amide bonds. The van der Waals surface area contributed by atoms with Crippen molar-refractivity contribution in [3.63, 3.8) is 0 Å². The fourth-order valence-corrected chi connectivity index (χ4v) is 3.23. The van der Waals surface area contributed by atoms with Gasteiger partial charge in [0.2, 0.25) is 0 Å². The number of aliphatic hydroxyl groups is 1. The van der Waals surface area contributed by atoms with E-state index in [1.807, 2.05) is 48.7 Å². The number of nitrogens with one attached hydrogen (secondary N) is 2. The van der Waals surface area contributed by atoms with Crippen LogP contribution in [0.25, 0.3) is 0 Å². The minimum atomic E-state index is -0.975. The zero-order chi connectivity index (χ0) is 21.3. The number of nitrogens with zero attached hydrogens (tertiary/aromatic N) is 2. The molecular formula is C21H31IN4O3S. The summed E-state index contributed by atoms with van der Waals surface area (Å²) in [6.07, 6.45) is 0. The first-order valence-corrected chi connectivity index (χ1v) is 10.4.